The van der Waals surface area contributed by atoms with Crippen molar-refractivity contribution < 1.29 is 4.79 Å². The number of hydrogen-bond donors (Lipinski definition) is 0. The molecule has 1 saturated carbocycles. The molecule has 1 unspecified atom stereocenters. The normalized spacial score (nSPS) is 18.1. The summed E-state index contributed by atoms with van der Waals surface area (Å²) >= 11 is 0. The first-order valence-corrected chi connectivity index (χ1v) is 5.30. The zero-order valence-corrected chi connectivity index (χ0v) is 8.73. The first kappa shape index (κ1) is 9.44. The van der Waals surface area contributed by atoms with Crippen LogP contribution in [-0.4, -0.2) is 16.1 Å². The molecule has 1 aliphatic rings. The molecule has 0 spiro atoms. The van der Waals surface area contributed by atoms with Crippen molar-refractivity contribution in [1.29, 1.82) is 0 Å². The van der Waals surface area contributed by atoms with Crippen LogP contribution in [0.15, 0.2) is 6.20 Å². The Hall–Kier alpha value is -1.12. The van der Waals surface area contributed by atoms with E-state index in [0.29, 0.717) is 12.0 Å². The summed E-state index contributed by atoms with van der Waals surface area (Å²) in [5, 5.41) is 4.50. The van der Waals surface area contributed by atoms with Crippen LogP contribution >= 0.6 is 0 Å². The van der Waals surface area contributed by atoms with Crippen LogP contribution in [-0.2, 0) is 0 Å². The Balaban J connectivity index is 2.30. The molecule has 0 aliphatic heterocycles. The smallest absolute Gasteiger partial charge is 0.153 e. The molecule has 1 fully saturated rings. The van der Waals surface area contributed by atoms with Crippen LogP contribution < -0.4 is 0 Å². The van der Waals surface area contributed by atoms with E-state index in [4.69, 9.17) is 0 Å². The molecule has 3 heteroatoms. The van der Waals surface area contributed by atoms with Crippen molar-refractivity contribution in [2.45, 2.75) is 45.1 Å². The average Bonchev–Trinajstić information content (AvgIpc) is 2.96. The second kappa shape index (κ2) is 3.56. The Morgan fingerprint density at radius 1 is 1.71 bits per heavy atom. The molecule has 0 saturated heterocycles. The molecule has 0 aromatic carbocycles. The summed E-state index contributed by atoms with van der Waals surface area (Å²) in [5.74, 6) is 0.556. The lowest BCUT2D eigenvalue weighted by Crippen LogP contribution is -2.04. The lowest BCUT2D eigenvalue weighted by Gasteiger charge is -2.07. The zero-order chi connectivity index (χ0) is 10.1. The van der Waals surface area contributed by atoms with Gasteiger partial charge in [0.15, 0.2) is 6.29 Å². The number of carbonyl (C=O) groups excluding carboxylic acids is 1. The summed E-state index contributed by atoms with van der Waals surface area (Å²) in [6.45, 7) is 4.25. The molecule has 1 heterocycles. The lowest BCUT2D eigenvalue weighted by atomic mass is 10.2. The first-order valence-electron chi connectivity index (χ1n) is 5.30. The van der Waals surface area contributed by atoms with Gasteiger partial charge in [0.25, 0.3) is 0 Å². The van der Waals surface area contributed by atoms with E-state index in [1.165, 1.54) is 12.8 Å². The van der Waals surface area contributed by atoms with Crippen LogP contribution in [0.4, 0.5) is 0 Å². The van der Waals surface area contributed by atoms with Gasteiger partial charge in [0, 0.05) is 18.2 Å². The standard InChI is InChI=1S/C11H16N2O/c1-3-8(2)13-6-10(7-14)11(12-13)9-4-5-9/h6-9H,3-5H2,1-2H3. The quantitative estimate of drug-likeness (QED) is 0.687. The van der Waals surface area contributed by atoms with Crippen molar-refractivity contribution in [1.82, 2.24) is 9.78 Å². The first-order chi connectivity index (χ1) is 6.76. The molecule has 76 valence electrons. The highest BCUT2D eigenvalue weighted by Crippen LogP contribution is 2.40. The van der Waals surface area contributed by atoms with E-state index in [1.54, 1.807) is 0 Å². The SMILES string of the molecule is CCC(C)n1cc(C=O)c(C2CC2)n1. The third-order valence-electron chi connectivity index (χ3n) is 2.92. The van der Waals surface area contributed by atoms with Crippen molar-refractivity contribution in [3.8, 4) is 0 Å². The van der Waals surface area contributed by atoms with Crippen molar-refractivity contribution in [3.63, 3.8) is 0 Å². The van der Waals surface area contributed by atoms with Gasteiger partial charge in [0.2, 0.25) is 0 Å². The fraction of sp³-hybridized carbons (Fsp3) is 0.636. The third-order valence-corrected chi connectivity index (χ3v) is 2.92. The van der Waals surface area contributed by atoms with Crippen LogP contribution in [0.2, 0.25) is 0 Å². The number of nitrogens with zero attached hydrogens (tertiary/aromatic N) is 2. The van der Waals surface area contributed by atoms with Gasteiger partial charge < -0.3 is 0 Å². The number of hydrogen-bond acceptors (Lipinski definition) is 2. The van der Waals surface area contributed by atoms with Crippen LogP contribution in [0.3, 0.4) is 0 Å². The topological polar surface area (TPSA) is 34.9 Å². The van der Waals surface area contributed by atoms with Crippen LogP contribution in [0.25, 0.3) is 0 Å². The maximum absolute atomic E-state index is 10.8. The summed E-state index contributed by atoms with van der Waals surface area (Å²) in [7, 11) is 0. The molecule has 1 atom stereocenters. The molecule has 14 heavy (non-hydrogen) atoms. The van der Waals surface area contributed by atoms with E-state index in [-0.39, 0.29) is 0 Å². The largest absolute Gasteiger partial charge is 0.298 e. The summed E-state index contributed by atoms with van der Waals surface area (Å²) in [6.07, 6.45) is 6.25. The summed E-state index contributed by atoms with van der Waals surface area (Å²) in [5.41, 5.74) is 1.80. The van der Waals surface area contributed by atoms with E-state index < -0.39 is 0 Å². The summed E-state index contributed by atoms with van der Waals surface area (Å²) in [6, 6.07) is 0.390. The van der Waals surface area contributed by atoms with Crippen LogP contribution in [0.5, 0.6) is 0 Å². The fourth-order valence-electron chi connectivity index (χ4n) is 1.60. The second-order valence-electron chi connectivity index (χ2n) is 4.10. The van der Waals surface area contributed by atoms with E-state index in [9.17, 15) is 4.79 Å². The van der Waals surface area contributed by atoms with E-state index in [0.717, 1.165) is 24.0 Å². The number of rotatable bonds is 4. The van der Waals surface area contributed by atoms with Crippen molar-refractivity contribution >= 4 is 6.29 Å². The van der Waals surface area contributed by atoms with Gasteiger partial charge in [-0.2, -0.15) is 5.10 Å². The van der Waals surface area contributed by atoms with E-state index in [2.05, 4.69) is 18.9 Å². The predicted octanol–water partition coefficient (Wildman–Crippen LogP) is 2.54. The number of aldehydes is 1. The molecule has 0 amide bonds. The number of aromatic nitrogens is 2. The Morgan fingerprint density at radius 3 is 2.93 bits per heavy atom. The molecule has 0 bridgehead atoms. The highest BCUT2D eigenvalue weighted by molar-refractivity contribution is 5.76. The van der Waals surface area contributed by atoms with Gasteiger partial charge in [-0.3, -0.25) is 9.48 Å². The van der Waals surface area contributed by atoms with Gasteiger partial charge in [-0.1, -0.05) is 6.92 Å². The maximum Gasteiger partial charge on any atom is 0.153 e. The Bertz CT molecular complexity index is 339. The zero-order valence-electron chi connectivity index (χ0n) is 8.73. The average molecular weight is 192 g/mol. The molecule has 0 N–H and O–H groups in total. The van der Waals surface area contributed by atoms with Gasteiger partial charge >= 0.3 is 0 Å². The maximum atomic E-state index is 10.8. The molecule has 0 radical (unpaired) electrons. The van der Waals surface area contributed by atoms with Crippen LogP contribution in [0, 0.1) is 0 Å². The minimum atomic E-state index is 0.390. The van der Waals surface area contributed by atoms with Gasteiger partial charge in [-0.15, -0.1) is 0 Å². The molecule has 1 aromatic rings. The molecule has 3 nitrogen and oxygen atoms in total. The highest BCUT2D eigenvalue weighted by Gasteiger charge is 2.29. The lowest BCUT2D eigenvalue weighted by molar-refractivity contribution is 0.112. The van der Waals surface area contributed by atoms with Crippen LogP contribution in [0.1, 0.15) is 61.1 Å². The molecular weight excluding hydrogens is 176 g/mol. The monoisotopic (exact) mass is 192 g/mol. The fourth-order valence-corrected chi connectivity index (χ4v) is 1.60. The van der Waals surface area contributed by atoms with Gasteiger partial charge in [-0.25, -0.2) is 0 Å². The number of carbonyl (C=O) groups is 1. The van der Waals surface area contributed by atoms with E-state index >= 15 is 0 Å². The predicted molar refractivity (Wildman–Crippen MR) is 54.6 cm³/mol. The molecule has 1 aromatic heterocycles. The van der Waals surface area contributed by atoms with E-state index in [1.807, 2.05) is 10.9 Å². The Kier molecular flexibility index (Phi) is 2.40. The van der Waals surface area contributed by atoms with Gasteiger partial charge in [0.1, 0.15) is 0 Å². The molecule has 1 aliphatic carbocycles. The Labute approximate surface area is 84.1 Å². The van der Waals surface area contributed by atoms with Crippen molar-refractivity contribution in [2.75, 3.05) is 0 Å². The Morgan fingerprint density at radius 2 is 2.43 bits per heavy atom. The second-order valence-corrected chi connectivity index (χ2v) is 4.10. The minimum Gasteiger partial charge on any atom is -0.298 e. The summed E-state index contributed by atoms with van der Waals surface area (Å²) in [4.78, 5) is 10.8. The molecule has 2 rings (SSSR count). The summed E-state index contributed by atoms with van der Waals surface area (Å²) < 4.78 is 1.93. The van der Waals surface area contributed by atoms with Crippen molar-refractivity contribution in [3.05, 3.63) is 17.5 Å². The van der Waals surface area contributed by atoms with Gasteiger partial charge in [-0.05, 0) is 26.2 Å². The molecular formula is C11H16N2O. The minimum absolute atomic E-state index is 0.390. The highest BCUT2D eigenvalue weighted by atomic mass is 16.1. The van der Waals surface area contributed by atoms with Gasteiger partial charge in [0.05, 0.1) is 11.3 Å². The van der Waals surface area contributed by atoms with Crippen molar-refractivity contribution in [2.24, 2.45) is 0 Å². The third kappa shape index (κ3) is 1.59.